The molecule has 2 fully saturated rings. The SMILES string of the molecule is NC(=O)CCC(NC(=O)C(N)Cc1c[nH]c2ccccc12)C(=O)N1CCCC1C(=O)N1CCCC1C(=O)O. The number of carboxylic acid groups (broad SMARTS) is 1. The first-order valence-corrected chi connectivity index (χ1v) is 12.9. The minimum atomic E-state index is -1.11. The quantitative estimate of drug-likeness (QED) is 0.284. The number of para-hydroxylation sites is 1. The summed E-state index contributed by atoms with van der Waals surface area (Å²) < 4.78 is 0. The van der Waals surface area contributed by atoms with Crippen LogP contribution in [0.15, 0.2) is 30.5 Å². The number of nitrogens with two attached hydrogens (primary N) is 2. The summed E-state index contributed by atoms with van der Waals surface area (Å²) in [4.78, 5) is 68.8. The minimum absolute atomic E-state index is 0.0431. The lowest BCUT2D eigenvalue weighted by Gasteiger charge is -2.32. The maximum absolute atomic E-state index is 13.6. The van der Waals surface area contributed by atoms with E-state index in [0.29, 0.717) is 32.2 Å². The number of carboxylic acids is 1. The highest BCUT2D eigenvalue weighted by molar-refractivity contribution is 5.95. The third-order valence-corrected chi connectivity index (χ3v) is 7.39. The van der Waals surface area contributed by atoms with Crippen molar-refractivity contribution in [1.29, 1.82) is 0 Å². The fourth-order valence-electron chi connectivity index (χ4n) is 5.42. The van der Waals surface area contributed by atoms with Crippen LogP contribution in [-0.4, -0.2) is 86.7 Å². The number of benzene rings is 1. The van der Waals surface area contributed by atoms with E-state index in [9.17, 15) is 29.1 Å². The number of hydrogen-bond acceptors (Lipinski definition) is 6. The van der Waals surface area contributed by atoms with Crippen LogP contribution in [0.1, 0.15) is 44.1 Å². The molecule has 0 saturated carbocycles. The van der Waals surface area contributed by atoms with E-state index in [4.69, 9.17) is 11.5 Å². The van der Waals surface area contributed by atoms with Crippen molar-refractivity contribution in [2.45, 2.75) is 69.1 Å². The van der Waals surface area contributed by atoms with Crippen LogP contribution in [0.3, 0.4) is 0 Å². The average molecular weight is 527 g/mol. The zero-order valence-corrected chi connectivity index (χ0v) is 21.1. The van der Waals surface area contributed by atoms with Gasteiger partial charge in [-0.15, -0.1) is 0 Å². The third kappa shape index (κ3) is 5.80. The van der Waals surface area contributed by atoms with Crippen LogP contribution in [0, 0.1) is 0 Å². The fraction of sp³-hybridized carbons (Fsp3) is 0.500. The summed E-state index contributed by atoms with van der Waals surface area (Å²) >= 11 is 0. The molecule has 0 bridgehead atoms. The molecular formula is C26H34N6O6. The topological polar surface area (TPSA) is 192 Å². The fourth-order valence-corrected chi connectivity index (χ4v) is 5.42. The predicted molar refractivity (Wildman–Crippen MR) is 137 cm³/mol. The Morgan fingerprint density at radius 3 is 2.45 bits per heavy atom. The van der Waals surface area contributed by atoms with Gasteiger partial charge in [0.2, 0.25) is 23.6 Å². The lowest BCUT2D eigenvalue weighted by Crippen LogP contribution is -2.57. The Kier molecular flexibility index (Phi) is 8.30. The van der Waals surface area contributed by atoms with Crippen molar-refractivity contribution >= 4 is 40.5 Å². The van der Waals surface area contributed by atoms with Crippen LogP contribution in [0.2, 0.25) is 0 Å². The first kappa shape index (κ1) is 27.1. The highest BCUT2D eigenvalue weighted by atomic mass is 16.4. The second kappa shape index (κ2) is 11.6. The maximum atomic E-state index is 13.6. The highest BCUT2D eigenvalue weighted by Crippen LogP contribution is 2.26. The molecular weight excluding hydrogens is 492 g/mol. The normalized spacial score (nSPS) is 20.9. The number of nitrogens with zero attached hydrogens (tertiary/aromatic N) is 2. The number of aromatic amines is 1. The average Bonchev–Trinajstić information content (AvgIpc) is 3.65. The number of hydrogen-bond donors (Lipinski definition) is 5. The number of fused-ring (bicyclic) bond motifs is 1. The van der Waals surface area contributed by atoms with Gasteiger partial charge in [0, 0.05) is 36.6 Å². The molecule has 2 aliphatic heterocycles. The number of nitrogens with one attached hydrogen (secondary N) is 2. The molecule has 4 amide bonds. The summed E-state index contributed by atoms with van der Waals surface area (Å²) in [5.41, 5.74) is 13.3. The standard InChI is InChI=1S/C26H34N6O6/c27-17(13-15-14-29-18-6-2-1-5-16(15)18)23(34)30-19(9-10-22(28)33)24(35)31-11-3-7-20(31)25(36)32-12-4-8-21(32)26(37)38/h1-2,5-6,14,17,19-21,29H,3-4,7-13,27H2,(H2,28,33)(H,30,34)(H,37,38). The van der Waals surface area contributed by atoms with Gasteiger partial charge >= 0.3 is 5.97 Å². The monoisotopic (exact) mass is 526 g/mol. The number of aromatic nitrogens is 1. The van der Waals surface area contributed by atoms with Crippen molar-refractivity contribution in [2.24, 2.45) is 11.5 Å². The number of likely N-dealkylation sites (tertiary alicyclic amines) is 2. The molecule has 0 spiro atoms. The van der Waals surface area contributed by atoms with Crippen molar-refractivity contribution < 1.29 is 29.1 Å². The van der Waals surface area contributed by atoms with Gasteiger partial charge in [-0.05, 0) is 50.2 Å². The Hall–Kier alpha value is -3.93. The number of H-pyrrole nitrogens is 1. The largest absolute Gasteiger partial charge is 0.480 e. The molecule has 2 aliphatic rings. The van der Waals surface area contributed by atoms with Crippen LogP contribution in [0.5, 0.6) is 0 Å². The van der Waals surface area contributed by atoms with Crippen LogP contribution in [0.4, 0.5) is 0 Å². The van der Waals surface area contributed by atoms with E-state index in [-0.39, 0.29) is 25.8 Å². The number of primary amides is 1. The van der Waals surface area contributed by atoms with E-state index in [1.54, 1.807) is 6.20 Å². The van der Waals surface area contributed by atoms with Crippen LogP contribution in [-0.2, 0) is 30.4 Å². The second-order valence-electron chi connectivity index (χ2n) is 9.95. The number of aliphatic carboxylic acids is 1. The van der Waals surface area contributed by atoms with Crippen LogP contribution in [0.25, 0.3) is 10.9 Å². The lowest BCUT2D eigenvalue weighted by atomic mass is 10.0. The molecule has 4 atom stereocenters. The van der Waals surface area contributed by atoms with Crippen molar-refractivity contribution in [1.82, 2.24) is 20.1 Å². The van der Waals surface area contributed by atoms with Gasteiger partial charge in [-0.1, -0.05) is 18.2 Å². The Morgan fingerprint density at radius 1 is 1.05 bits per heavy atom. The molecule has 4 unspecified atom stereocenters. The highest BCUT2D eigenvalue weighted by Gasteiger charge is 2.43. The van der Waals surface area contributed by atoms with E-state index < -0.39 is 53.8 Å². The van der Waals surface area contributed by atoms with E-state index in [1.807, 2.05) is 24.3 Å². The molecule has 4 rings (SSSR count). The van der Waals surface area contributed by atoms with Gasteiger partial charge in [-0.3, -0.25) is 19.2 Å². The van der Waals surface area contributed by atoms with Crippen molar-refractivity contribution in [2.75, 3.05) is 13.1 Å². The van der Waals surface area contributed by atoms with Gasteiger partial charge in [-0.25, -0.2) is 4.79 Å². The van der Waals surface area contributed by atoms with Crippen LogP contribution >= 0.6 is 0 Å². The molecule has 0 radical (unpaired) electrons. The van der Waals surface area contributed by atoms with Gasteiger partial charge in [0.15, 0.2) is 0 Å². The summed E-state index contributed by atoms with van der Waals surface area (Å²) in [6.07, 6.45) is 3.73. The predicted octanol–water partition coefficient (Wildman–Crippen LogP) is -0.145. The maximum Gasteiger partial charge on any atom is 0.326 e. The summed E-state index contributed by atoms with van der Waals surface area (Å²) in [5.74, 6) is -3.18. The molecule has 1 aromatic carbocycles. The molecule has 38 heavy (non-hydrogen) atoms. The van der Waals surface area contributed by atoms with E-state index in [0.717, 1.165) is 16.5 Å². The third-order valence-electron chi connectivity index (χ3n) is 7.39. The van der Waals surface area contributed by atoms with Gasteiger partial charge in [0.25, 0.3) is 0 Å². The van der Waals surface area contributed by atoms with Crippen molar-refractivity contribution in [3.63, 3.8) is 0 Å². The molecule has 2 aromatic rings. The summed E-state index contributed by atoms with van der Waals surface area (Å²) in [6.45, 7) is 0.601. The Bertz CT molecular complexity index is 1230. The summed E-state index contributed by atoms with van der Waals surface area (Å²) in [6, 6.07) is 3.82. The first-order chi connectivity index (χ1) is 18.2. The van der Waals surface area contributed by atoms with Gasteiger partial charge in [0.1, 0.15) is 18.1 Å². The molecule has 12 nitrogen and oxygen atoms in total. The van der Waals surface area contributed by atoms with E-state index in [2.05, 4.69) is 10.3 Å². The number of amides is 4. The first-order valence-electron chi connectivity index (χ1n) is 12.9. The zero-order valence-electron chi connectivity index (χ0n) is 21.1. The number of carbonyl (C=O) groups is 5. The molecule has 1 aromatic heterocycles. The number of rotatable bonds is 10. The Labute approximate surface area is 219 Å². The lowest BCUT2D eigenvalue weighted by molar-refractivity contribution is -0.152. The van der Waals surface area contributed by atoms with E-state index in [1.165, 1.54) is 9.80 Å². The van der Waals surface area contributed by atoms with Gasteiger partial charge in [0.05, 0.1) is 6.04 Å². The molecule has 7 N–H and O–H groups in total. The van der Waals surface area contributed by atoms with E-state index >= 15 is 0 Å². The van der Waals surface area contributed by atoms with Crippen LogP contribution < -0.4 is 16.8 Å². The number of carbonyl (C=O) groups excluding carboxylic acids is 4. The molecule has 12 heteroatoms. The molecule has 2 saturated heterocycles. The van der Waals surface area contributed by atoms with Crippen molar-refractivity contribution in [3.8, 4) is 0 Å². The summed E-state index contributed by atoms with van der Waals surface area (Å²) in [5, 5.41) is 13.1. The smallest absolute Gasteiger partial charge is 0.326 e. The molecule has 204 valence electrons. The Balaban J connectivity index is 1.46. The van der Waals surface area contributed by atoms with Gasteiger partial charge in [-0.2, -0.15) is 0 Å². The minimum Gasteiger partial charge on any atom is -0.480 e. The second-order valence-corrected chi connectivity index (χ2v) is 9.95. The molecule has 3 heterocycles. The van der Waals surface area contributed by atoms with Gasteiger partial charge < -0.3 is 36.7 Å². The van der Waals surface area contributed by atoms with Crippen molar-refractivity contribution in [3.05, 3.63) is 36.0 Å². The zero-order chi connectivity index (χ0) is 27.4. The summed E-state index contributed by atoms with van der Waals surface area (Å²) in [7, 11) is 0. The Morgan fingerprint density at radius 2 is 1.74 bits per heavy atom. The molecule has 0 aliphatic carbocycles.